The fourth-order valence-corrected chi connectivity index (χ4v) is 5.52. The van der Waals surface area contributed by atoms with Gasteiger partial charge in [0.25, 0.3) is 5.56 Å². The summed E-state index contributed by atoms with van der Waals surface area (Å²) in [5.74, 6) is 0.525. The zero-order valence-corrected chi connectivity index (χ0v) is 18.9. The Labute approximate surface area is 188 Å². The molecule has 2 aliphatic carbocycles. The van der Waals surface area contributed by atoms with Gasteiger partial charge in [-0.25, -0.2) is 9.48 Å². The maximum absolute atomic E-state index is 12.8. The molecule has 3 aromatic rings. The molecule has 2 aliphatic rings. The Morgan fingerprint density at radius 3 is 2.88 bits per heavy atom. The van der Waals surface area contributed by atoms with Crippen LogP contribution in [0, 0.1) is 0 Å². The summed E-state index contributed by atoms with van der Waals surface area (Å²) < 4.78 is 1.42. The molecular weight excluding hydrogens is 400 g/mol. The van der Waals surface area contributed by atoms with Crippen molar-refractivity contribution in [2.24, 2.45) is 0 Å². The maximum Gasteiger partial charge on any atom is 0.315 e. The van der Waals surface area contributed by atoms with Gasteiger partial charge in [-0.1, -0.05) is 50.2 Å². The van der Waals surface area contributed by atoms with Crippen molar-refractivity contribution in [1.82, 2.24) is 20.4 Å². The van der Waals surface area contributed by atoms with E-state index >= 15 is 0 Å². The van der Waals surface area contributed by atoms with Crippen molar-refractivity contribution < 1.29 is 4.79 Å². The van der Waals surface area contributed by atoms with Crippen LogP contribution in [0.15, 0.2) is 53.5 Å². The quantitative estimate of drug-likeness (QED) is 0.645. The molecule has 5 rings (SSSR count). The molecule has 0 saturated carbocycles. The minimum Gasteiger partial charge on any atom is -0.334 e. The van der Waals surface area contributed by atoms with Crippen LogP contribution < -0.4 is 16.2 Å². The Morgan fingerprint density at radius 1 is 1.22 bits per heavy atom. The molecule has 0 saturated heterocycles. The lowest BCUT2D eigenvalue weighted by Gasteiger charge is -2.35. The molecule has 1 heterocycles. The van der Waals surface area contributed by atoms with Crippen molar-refractivity contribution in [2.45, 2.75) is 70.0 Å². The standard InChI is InChI=1S/C26H30N4O2/c1-16(15-30-24(31)19-8-5-4-7-18(19)14-27-30)28-25(32)29-22-13-17-11-12-26(2,3)21-10-6-9-20(22)23(17)21/h4-10,14,16-17,22H,11-13,15H2,1-3H3,(H2,28,29,32). The molecule has 3 atom stereocenters. The van der Waals surface area contributed by atoms with Gasteiger partial charge in [-0.2, -0.15) is 5.10 Å². The Balaban J connectivity index is 1.27. The van der Waals surface area contributed by atoms with Crippen LogP contribution in [0.4, 0.5) is 4.79 Å². The highest BCUT2D eigenvalue weighted by Gasteiger charge is 2.40. The van der Waals surface area contributed by atoms with Crippen LogP contribution in [0.5, 0.6) is 0 Å². The second-order valence-electron chi connectivity index (χ2n) is 9.95. The number of nitrogens with zero attached hydrogens (tertiary/aromatic N) is 2. The fourth-order valence-electron chi connectivity index (χ4n) is 5.52. The highest BCUT2D eigenvalue weighted by molar-refractivity contribution is 5.80. The molecule has 0 fully saturated rings. The number of nitrogens with one attached hydrogen (secondary N) is 2. The summed E-state index contributed by atoms with van der Waals surface area (Å²) in [7, 11) is 0. The largest absolute Gasteiger partial charge is 0.334 e. The summed E-state index contributed by atoms with van der Waals surface area (Å²) in [4.78, 5) is 25.5. The molecule has 0 spiro atoms. The first-order valence-electron chi connectivity index (χ1n) is 11.5. The molecule has 2 amide bonds. The average Bonchev–Trinajstić information content (AvgIpc) is 3.11. The number of fused-ring (bicyclic) bond motifs is 1. The van der Waals surface area contributed by atoms with Gasteiger partial charge >= 0.3 is 6.03 Å². The second kappa shape index (κ2) is 7.76. The van der Waals surface area contributed by atoms with Gasteiger partial charge in [0.1, 0.15) is 0 Å². The van der Waals surface area contributed by atoms with E-state index in [1.807, 2.05) is 25.1 Å². The van der Waals surface area contributed by atoms with Crippen molar-refractivity contribution in [3.8, 4) is 0 Å². The highest BCUT2D eigenvalue weighted by Crippen LogP contribution is 2.52. The molecule has 2 N–H and O–H groups in total. The molecule has 2 aromatic carbocycles. The van der Waals surface area contributed by atoms with Crippen molar-refractivity contribution in [3.05, 3.63) is 75.7 Å². The second-order valence-corrected chi connectivity index (χ2v) is 9.95. The third kappa shape index (κ3) is 3.57. The normalized spacial score (nSPS) is 21.7. The number of carbonyl (C=O) groups excluding carboxylic acids is 1. The summed E-state index contributed by atoms with van der Waals surface area (Å²) in [5.41, 5.74) is 4.20. The van der Waals surface area contributed by atoms with E-state index in [0.717, 1.165) is 11.8 Å². The van der Waals surface area contributed by atoms with Crippen LogP contribution in [-0.2, 0) is 12.0 Å². The van der Waals surface area contributed by atoms with Crippen molar-refractivity contribution in [3.63, 3.8) is 0 Å². The van der Waals surface area contributed by atoms with Crippen LogP contribution in [0.3, 0.4) is 0 Å². The van der Waals surface area contributed by atoms with Gasteiger partial charge in [0.2, 0.25) is 0 Å². The fraction of sp³-hybridized carbons (Fsp3) is 0.423. The molecule has 166 valence electrons. The lowest BCUT2D eigenvalue weighted by atomic mass is 9.69. The van der Waals surface area contributed by atoms with Crippen LogP contribution in [-0.4, -0.2) is 21.9 Å². The third-order valence-corrected chi connectivity index (χ3v) is 7.18. The topological polar surface area (TPSA) is 76.0 Å². The number of benzene rings is 2. The van der Waals surface area contributed by atoms with E-state index in [1.54, 1.807) is 12.3 Å². The SMILES string of the molecule is CC(Cn1ncc2ccccc2c1=O)NC(=O)NC1CC2CCC(C)(C)c3cccc1c32. The van der Waals surface area contributed by atoms with Gasteiger partial charge < -0.3 is 10.6 Å². The summed E-state index contributed by atoms with van der Waals surface area (Å²) in [6, 6.07) is 13.5. The van der Waals surface area contributed by atoms with Gasteiger partial charge in [0.15, 0.2) is 0 Å². The molecule has 3 unspecified atom stereocenters. The van der Waals surface area contributed by atoms with E-state index in [-0.39, 0.29) is 29.1 Å². The Morgan fingerprint density at radius 2 is 2.03 bits per heavy atom. The summed E-state index contributed by atoms with van der Waals surface area (Å²) in [6.45, 7) is 6.84. The molecule has 32 heavy (non-hydrogen) atoms. The molecule has 0 radical (unpaired) electrons. The van der Waals surface area contributed by atoms with Crippen molar-refractivity contribution in [1.29, 1.82) is 0 Å². The first kappa shape index (κ1) is 20.7. The summed E-state index contributed by atoms with van der Waals surface area (Å²) in [6.07, 6.45) is 5.00. The molecule has 1 aromatic heterocycles. The molecule has 6 heteroatoms. The van der Waals surface area contributed by atoms with E-state index in [1.165, 1.54) is 34.2 Å². The highest BCUT2D eigenvalue weighted by atomic mass is 16.2. The van der Waals surface area contributed by atoms with E-state index in [4.69, 9.17) is 0 Å². The number of amides is 2. The smallest absolute Gasteiger partial charge is 0.315 e. The lowest BCUT2D eigenvalue weighted by molar-refractivity contribution is 0.231. The zero-order valence-electron chi connectivity index (χ0n) is 18.9. The van der Waals surface area contributed by atoms with Gasteiger partial charge in [0.05, 0.1) is 24.2 Å². The predicted octanol–water partition coefficient (Wildman–Crippen LogP) is 4.38. The number of urea groups is 1. The number of aromatic nitrogens is 2. The van der Waals surface area contributed by atoms with Crippen LogP contribution in [0.1, 0.15) is 68.7 Å². The first-order valence-corrected chi connectivity index (χ1v) is 11.5. The monoisotopic (exact) mass is 430 g/mol. The van der Waals surface area contributed by atoms with Crippen LogP contribution in [0.2, 0.25) is 0 Å². The minimum atomic E-state index is -0.237. The maximum atomic E-state index is 12.8. The lowest BCUT2D eigenvalue weighted by Crippen LogP contribution is -2.44. The van der Waals surface area contributed by atoms with E-state index < -0.39 is 0 Å². The van der Waals surface area contributed by atoms with Gasteiger partial charge in [-0.05, 0) is 60.3 Å². The van der Waals surface area contributed by atoms with E-state index in [0.29, 0.717) is 17.8 Å². The Hall–Kier alpha value is -3.15. The summed E-state index contributed by atoms with van der Waals surface area (Å²) in [5, 5.41) is 11.9. The van der Waals surface area contributed by atoms with Gasteiger partial charge in [-0.3, -0.25) is 4.79 Å². The summed E-state index contributed by atoms with van der Waals surface area (Å²) >= 11 is 0. The van der Waals surface area contributed by atoms with Gasteiger partial charge in [-0.15, -0.1) is 0 Å². The van der Waals surface area contributed by atoms with Crippen LogP contribution in [0.25, 0.3) is 10.8 Å². The van der Waals surface area contributed by atoms with E-state index in [9.17, 15) is 9.59 Å². The number of rotatable bonds is 4. The predicted molar refractivity (Wildman–Crippen MR) is 126 cm³/mol. The minimum absolute atomic E-state index is 0.0255. The molecule has 0 aliphatic heterocycles. The number of carbonyl (C=O) groups is 1. The molecular formula is C26H30N4O2. The molecule has 6 nitrogen and oxygen atoms in total. The van der Waals surface area contributed by atoms with Crippen LogP contribution >= 0.6 is 0 Å². The first-order chi connectivity index (χ1) is 15.3. The van der Waals surface area contributed by atoms with Gasteiger partial charge in [0, 0.05) is 11.4 Å². The zero-order chi connectivity index (χ0) is 22.5. The average molecular weight is 431 g/mol. The third-order valence-electron chi connectivity index (χ3n) is 7.18. The number of hydrogen-bond donors (Lipinski definition) is 2. The number of hydrogen-bond acceptors (Lipinski definition) is 3. The Bertz CT molecular complexity index is 1250. The van der Waals surface area contributed by atoms with Crippen molar-refractivity contribution >= 4 is 16.8 Å². The Kier molecular flexibility index (Phi) is 5.03. The van der Waals surface area contributed by atoms with Crippen molar-refractivity contribution in [2.75, 3.05) is 0 Å². The molecule has 0 bridgehead atoms. The van der Waals surface area contributed by atoms with E-state index in [2.05, 4.69) is 47.8 Å².